The molecule has 1 fully saturated rings. The lowest BCUT2D eigenvalue weighted by molar-refractivity contribution is -0.143. The number of aliphatic carboxylic acids is 1. The molecule has 17 heavy (non-hydrogen) atoms. The summed E-state index contributed by atoms with van der Waals surface area (Å²) in [5.41, 5.74) is 2.23. The first-order valence-corrected chi connectivity index (χ1v) is 6.23. The van der Waals surface area contributed by atoms with E-state index in [-0.39, 0.29) is 11.8 Å². The van der Waals surface area contributed by atoms with Crippen molar-refractivity contribution in [2.45, 2.75) is 31.6 Å². The van der Waals surface area contributed by atoms with Gasteiger partial charge >= 0.3 is 5.97 Å². The van der Waals surface area contributed by atoms with Gasteiger partial charge in [0.25, 0.3) is 0 Å². The average Bonchev–Trinajstić information content (AvgIpc) is 2.39. The van der Waals surface area contributed by atoms with Crippen LogP contribution in [0.3, 0.4) is 0 Å². The van der Waals surface area contributed by atoms with Gasteiger partial charge in [-0.1, -0.05) is 25.0 Å². The highest BCUT2D eigenvalue weighted by Crippen LogP contribution is 2.38. The van der Waals surface area contributed by atoms with E-state index in [1.807, 2.05) is 19.2 Å². The number of rotatable bonds is 3. The molecule has 0 spiro atoms. The number of carboxylic acid groups (broad SMARTS) is 1. The maximum absolute atomic E-state index is 11.2. The van der Waals surface area contributed by atoms with Crippen LogP contribution in [0, 0.1) is 5.92 Å². The lowest BCUT2D eigenvalue weighted by Gasteiger charge is -2.28. The summed E-state index contributed by atoms with van der Waals surface area (Å²) in [7, 11) is 1.88. The van der Waals surface area contributed by atoms with Gasteiger partial charge in [0.15, 0.2) is 0 Å². The molecule has 0 amide bonds. The van der Waals surface area contributed by atoms with Crippen LogP contribution in [0.2, 0.25) is 0 Å². The molecular formula is C14H19NO2. The van der Waals surface area contributed by atoms with E-state index in [0.29, 0.717) is 0 Å². The molecule has 2 rings (SSSR count). The van der Waals surface area contributed by atoms with Crippen LogP contribution in [0.1, 0.15) is 37.2 Å². The molecule has 0 heterocycles. The largest absolute Gasteiger partial charge is 0.481 e. The first kappa shape index (κ1) is 12.0. The smallest absolute Gasteiger partial charge is 0.307 e. The van der Waals surface area contributed by atoms with Crippen molar-refractivity contribution in [3.05, 3.63) is 29.8 Å². The monoisotopic (exact) mass is 233 g/mol. The molecule has 92 valence electrons. The number of carboxylic acids is 1. The summed E-state index contributed by atoms with van der Waals surface area (Å²) < 4.78 is 0. The molecule has 3 heteroatoms. The minimum absolute atomic E-state index is 0.187. The van der Waals surface area contributed by atoms with Crippen LogP contribution in [0.25, 0.3) is 0 Å². The molecule has 1 aromatic carbocycles. The number of benzene rings is 1. The maximum Gasteiger partial charge on any atom is 0.307 e. The second-order valence-corrected chi connectivity index (χ2v) is 4.71. The van der Waals surface area contributed by atoms with Gasteiger partial charge < -0.3 is 10.4 Å². The van der Waals surface area contributed by atoms with Crippen molar-refractivity contribution in [3.8, 4) is 0 Å². The molecule has 1 aliphatic carbocycles. The van der Waals surface area contributed by atoms with Crippen molar-refractivity contribution in [2.24, 2.45) is 5.92 Å². The zero-order chi connectivity index (χ0) is 12.3. The lowest BCUT2D eigenvalue weighted by Crippen LogP contribution is -2.25. The van der Waals surface area contributed by atoms with Crippen LogP contribution in [-0.2, 0) is 4.79 Å². The van der Waals surface area contributed by atoms with Gasteiger partial charge in [-0.3, -0.25) is 4.79 Å². The van der Waals surface area contributed by atoms with Crippen LogP contribution in [-0.4, -0.2) is 18.1 Å². The van der Waals surface area contributed by atoms with Crippen molar-refractivity contribution in [1.29, 1.82) is 0 Å². The Bertz CT molecular complexity index is 386. The van der Waals surface area contributed by atoms with Crippen molar-refractivity contribution in [3.63, 3.8) is 0 Å². The van der Waals surface area contributed by atoms with Crippen molar-refractivity contribution in [2.75, 3.05) is 12.4 Å². The molecule has 0 saturated heterocycles. The van der Waals surface area contributed by atoms with Crippen LogP contribution < -0.4 is 5.32 Å². The predicted molar refractivity (Wildman–Crippen MR) is 68.3 cm³/mol. The molecule has 2 unspecified atom stereocenters. The summed E-state index contributed by atoms with van der Waals surface area (Å²) in [6, 6.07) is 8.14. The van der Waals surface area contributed by atoms with Gasteiger partial charge in [-0.25, -0.2) is 0 Å². The molecule has 0 bridgehead atoms. The zero-order valence-electron chi connectivity index (χ0n) is 10.1. The van der Waals surface area contributed by atoms with E-state index in [1.165, 1.54) is 0 Å². The number of carbonyl (C=O) groups is 1. The van der Waals surface area contributed by atoms with E-state index in [9.17, 15) is 9.90 Å². The molecule has 2 N–H and O–H groups in total. The normalized spacial score (nSPS) is 24.3. The highest BCUT2D eigenvalue weighted by Gasteiger charge is 2.31. The third kappa shape index (κ3) is 2.60. The van der Waals surface area contributed by atoms with Gasteiger partial charge in [0.1, 0.15) is 0 Å². The summed E-state index contributed by atoms with van der Waals surface area (Å²) in [5, 5.41) is 12.3. The van der Waals surface area contributed by atoms with Crippen molar-refractivity contribution < 1.29 is 9.90 Å². The second-order valence-electron chi connectivity index (χ2n) is 4.71. The third-order valence-electron chi connectivity index (χ3n) is 3.71. The van der Waals surface area contributed by atoms with Gasteiger partial charge in [0.2, 0.25) is 0 Å². The minimum Gasteiger partial charge on any atom is -0.481 e. The molecule has 2 atom stereocenters. The first-order valence-electron chi connectivity index (χ1n) is 6.23. The Labute approximate surface area is 102 Å². The van der Waals surface area contributed by atoms with Gasteiger partial charge in [0.05, 0.1) is 5.92 Å². The van der Waals surface area contributed by atoms with Gasteiger partial charge in [-0.05, 0) is 36.5 Å². The topological polar surface area (TPSA) is 49.3 Å². The minimum atomic E-state index is -0.646. The fraction of sp³-hybridized carbons (Fsp3) is 0.500. The molecule has 0 aliphatic heterocycles. The predicted octanol–water partition coefficient (Wildman–Crippen LogP) is 3.09. The Morgan fingerprint density at radius 2 is 1.88 bits per heavy atom. The van der Waals surface area contributed by atoms with E-state index in [2.05, 4.69) is 17.4 Å². The third-order valence-corrected chi connectivity index (χ3v) is 3.71. The molecule has 0 aromatic heterocycles. The molecule has 1 saturated carbocycles. The van der Waals surface area contributed by atoms with Crippen LogP contribution in [0.4, 0.5) is 5.69 Å². The number of hydrogen-bond donors (Lipinski definition) is 2. The van der Waals surface area contributed by atoms with Gasteiger partial charge in [0, 0.05) is 12.7 Å². The average molecular weight is 233 g/mol. The highest BCUT2D eigenvalue weighted by atomic mass is 16.4. The molecule has 1 aromatic rings. The summed E-state index contributed by atoms with van der Waals surface area (Å²) >= 11 is 0. The fourth-order valence-corrected chi connectivity index (χ4v) is 2.72. The Kier molecular flexibility index (Phi) is 3.67. The zero-order valence-corrected chi connectivity index (χ0v) is 10.1. The van der Waals surface area contributed by atoms with E-state index in [4.69, 9.17) is 0 Å². The highest BCUT2D eigenvalue weighted by molar-refractivity contribution is 5.71. The van der Waals surface area contributed by atoms with E-state index in [1.54, 1.807) is 0 Å². The Morgan fingerprint density at radius 1 is 1.24 bits per heavy atom. The van der Waals surface area contributed by atoms with Gasteiger partial charge in [-0.2, -0.15) is 0 Å². The van der Waals surface area contributed by atoms with E-state index in [0.717, 1.165) is 36.9 Å². The lowest BCUT2D eigenvalue weighted by atomic mass is 9.75. The second kappa shape index (κ2) is 5.21. The van der Waals surface area contributed by atoms with E-state index < -0.39 is 5.97 Å². The Morgan fingerprint density at radius 3 is 2.47 bits per heavy atom. The summed E-state index contributed by atoms with van der Waals surface area (Å²) in [4.78, 5) is 11.2. The molecule has 3 nitrogen and oxygen atoms in total. The number of hydrogen-bond acceptors (Lipinski definition) is 2. The fourth-order valence-electron chi connectivity index (χ4n) is 2.72. The van der Waals surface area contributed by atoms with Crippen molar-refractivity contribution in [1.82, 2.24) is 0 Å². The van der Waals surface area contributed by atoms with E-state index >= 15 is 0 Å². The SMILES string of the molecule is CNc1ccc(C2CCCCC2C(=O)O)cc1. The number of nitrogens with one attached hydrogen (secondary N) is 1. The molecule has 0 radical (unpaired) electrons. The van der Waals surface area contributed by atoms with Gasteiger partial charge in [-0.15, -0.1) is 0 Å². The van der Waals surface area contributed by atoms with Crippen LogP contribution >= 0.6 is 0 Å². The maximum atomic E-state index is 11.2. The molecule has 1 aliphatic rings. The van der Waals surface area contributed by atoms with Crippen molar-refractivity contribution >= 4 is 11.7 Å². The Balaban J connectivity index is 2.20. The summed E-state index contributed by atoms with van der Waals surface area (Å²) in [6.45, 7) is 0. The standard InChI is InChI=1S/C14H19NO2/c1-15-11-8-6-10(7-9-11)12-4-2-3-5-13(12)14(16)17/h6-9,12-13,15H,2-5H2,1H3,(H,16,17). The molecular weight excluding hydrogens is 214 g/mol. The quantitative estimate of drug-likeness (QED) is 0.843. The summed E-state index contributed by atoms with van der Waals surface area (Å²) in [5.74, 6) is -0.663. The first-order chi connectivity index (χ1) is 8.22. The van der Waals surface area contributed by atoms with Crippen LogP contribution in [0.5, 0.6) is 0 Å². The van der Waals surface area contributed by atoms with Crippen LogP contribution in [0.15, 0.2) is 24.3 Å². The summed E-state index contributed by atoms with van der Waals surface area (Å²) in [6.07, 6.45) is 3.99. The number of anilines is 1. The Hall–Kier alpha value is -1.51.